The van der Waals surface area contributed by atoms with Crippen LogP contribution in [0.3, 0.4) is 0 Å². The van der Waals surface area contributed by atoms with Crippen LogP contribution in [0.5, 0.6) is 5.75 Å². The van der Waals surface area contributed by atoms with Gasteiger partial charge in [-0.3, -0.25) is 14.9 Å². The van der Waals surface area contributed by atoms with E-state index in [1.54, 1.807) is 6.07 Å². The number of benzene rings is 2. The van der Waals surface area contributed by atoms with E-state index in [1.807, 2.05) is 0 Å². The topological polar surface area (TPSA) is 89.7 Å². The first-order valence-corrected chi connectivity index (χ1v) is 6.72. The number of ether oxygens (including phenoxy) is 1. The largest absolute Gasteiger partial charge is 0.490 e. The number of hydrogen-bond donors (Lipinski definition) is 1. The van der Waals surface area contributed by atoms with Crippen LogP contribution in [-0.2, 0) is 11.2 Å². The molecule has 120 valence electrons. The number of nitrogens with zero attached hydrogens (tertiary/aromatic N) is 1. The van der Waals surface area contributed by atoms with E-state index < -0.39 is 22.6 Å². The minimum Gasteiger partial charge on any atom is -0.490 e. The minimum absolute atomic E-state index is 0.0474. The number of hydrogen-bond acceptors (Lipinski definition) is 4. The average Bonchev–Trinajstić information content (AvgIpc) is 2.53. The highest BCUT2D eigenvalue weighted by Gasteiger charge is 2.23. The number of carbonyl (C=O) groups is 1. The summed E-state index contributed by atoms with van der Waals surface area (Å²) in [6.45, 7) is 0. The molecule has 0 spiro atoms. The second-order valence-corrected chi connectivity index (χ2v) is 4.91. The maximum Gasteiger partial charge on any atom is 0.311 e. The number of aliphatic carboxylic acids is 1. The van der Waals surface area contributed by atoms with Crippen LogP contribution in [0.4, 0.5) is 10.1 Å². The monoisotopic (exact) mass is 319 g/mol. The Bertz CT molecular complexity index is 730. The summed E-state index contributed by atoms with van der Waals surface area (Å²) in [7, 11) is 1.32. The Morgan fingerprint density at radius 3 is 2.48 bits per heavy atom. The van der Waals surface area contributed by atoms with Crippen LogP contribution in [0.1, 0.15) is 17.0 Å². The van der Waals surface area contributed by atoms with E-state index in [-0.39, 0.29) is 17.9 Å². The fourth-order valence-corrected chi connectivity index (χ4v) is 2.28. The number of carboxylic acids is 1. The van der Waals surface area contributed by atoms with E-state index >= 15 is 0 Å². The van der Waals surface area contributed by atoms with Crippen LogP contribution < -0.4 is 4.74 Å². The summed E-state index contributed by atoms with van der Waals surface area (Å²) >= 11 is 0. The lowest BCUT2D eigenvalue weighted by Crippen LogP contribution is -2.14. The highest BCUT2D eigenvalue weighted by Crippen LogP contribution is 2.30. The number of rotatable bonds is 6. The first-order chi connectivity index (χ1) is 10.9. The van der Waals surface area contributed by atoms with E-state index in [2.05, 4.69) is 0 Å². The molecular weight excluding hydrogens is 305 g/mol. The lowest BCUT2D eigenvalue weighted by atomic mass is 9.92. The molecule has 2 rings (SSSR count). The van der Waals surface area contributed by atoms with Crippen molar-refractivity contribution in [3.63, 3.8) is 0 Å². The van der Waals surface area contributed by atoms with Gasteiger partial charge in [0.1, 0.15) is 5.82 Å². The van der Waals surface area contributed by atoms with Crippen LogP contribution in [0.2, 0.25) is 0 Å². The van der Waals surface area contributed by atoms with E-state index in [1.165, 1.54) is 43.5 Å². The molecule has 1 atom stereocenters. The summed E-state index contributed by atoms with van der Waals surface area (Å²) in [5.41, 5.74) is 0.680. The van der Waals surface area contributed by atoms with E-state index in [9.17, 15) is 24.4 Å². The fraction of sp³-hybridized carbons (Fsp3) is 0.188. The molecule has 1 N–H and O–H groups in total. The molecular formula is C16H14FNO5. The minimum atomic E-state index is -1.09. The zero-order valence-corrected chi connectivity index (χ0v) is 12.2. The van der Waals surface area contributed by atoms with E-state index in [4.69, 9.17) is 4.74 Å². The van der Waals surface area contributed by atoms with Crippen molar-refractivity contribution in [1.29, 1.82) is 0 Å². The molecule has 0 aliphatic carbocycles. The SMILES string of the molecule is COc1ccc(CC(C(=O)O)c2ccc(F)cc2)cc1[N+](=O)[O-]. The maximum atomic E-state index is 13.0. The Balaban J connectivity index is 2.34. The van der Waals surface area contributed by atoms with Gasteiger partial charge in [-0.15, -0.1) is 0 Å². The normalized spacial score (nSPS) is 11.7. The first-order valence-electron chi connectivity index (χ1n) is 6.72. The van der Waals surface area contributed by atoms with Crippen LogP contribution in [-0.4, -0.2) is 23.1 Å². The Morgan fingerprint density at radius 1 is 1.30 bits per heavy atom. The molecule has 0 saturated heterocycles. The van der Waals surface area contributed by atoms with Gasteiger partial charge in [0.15, 0.2) is 5.75 Å². The summed E-state index contributed by atoms with van der Waals surface area (Å²) in [6, 6.07) is 9.45. The third-order valence-corrected chi connectivity index (χ3v) is 3.45. The standard InChI is InChI=1S/C16H14FNO5/c1-23-15-7-2-10(9-14(15)18(21)22)8-13(16(19)20)11-3-5-12(17)6-4-11/h2-7,9,13H,8H2,1H3,(H,19,20). The van der Waals surface area contributed by atoms with E-state index in [0.29, 0.717) is 11.1 Å². The van der Waals surface area contributed by atoms with Crippen molar-refractivity contribution in [1.82, 2.24) is 0 Å². The highest BCUT2D eigenvalue weighted by molar-refractivity contribution is 5.76. The highest BCUT2D eigenvalue weighted by atomic mass is 19.1. The van der Waals surface area contributed by atoms with Gasteiger partial charge in [0.2, 0.25) is 0 Å². The third-order valence-electron chi connectivity index (χ3n) is 3.45. The lowest BCUT2D eigenvalue weighted by Gasteiger charge is -2.13. The Morgan fingerprint density at radius 2 is 1.96 bits per heavy atom. The predicted octanol–water partition coefficient (Wildman–Crippen LogP) is 3.15. The van der Waals surface area contributed by atoms with Crippen molar-refractivity contribution >= 4 is 11.7 Å². The van der Waals surface area contributed by atoms with Crippen LogP contribution in [0.25, 0.3) is 0 Å². The quantitative estimate of drug-likeness (QED) is 0.652. The second-order valence-electron chi connectivity index (χ2n) is 4.91. The van der Waals surface area contributed by atoms with Crippen molar-refractivity contribution in [2.75, 3.05) is 7.11 Å². The van der Waals surface area contributed by atoms with Gasteiger partial charge in [0.05, 0.1) is 18.0 Å². The molecule has 7 heteroatoms. The summed E-state index contributed by atoms with van der Waals surface area (Å²) < 4.78 is 17.9. The van der Waals surface area contributed by atoms with Gasteiger partial charge in [-0.2, -0.15) is 0 Å². The number of carboxylic acid groups (broad SMARTS) is 1. The summed E-state index contributed by atoms with van der Waals surface area (Å²) in [5, 5.41) is 20.4. The van der Waals surface area contributed by atoms with Gasteiger partial charge in [-0.05, 0) is 35.7 Å². The number of halogens is 1. The molecule has 0 radical (unpaired) electrons. The Labute approximate surface area is 131 Å². The fourth-order valence-electron chi connectivity index (χ4n) is 2.28. The van der Waals surface area contributed by atoms with Crippen molar-refractivity contribution < 1.29 is 24.0 Å². The molecule has 0 bridgehead atoms. The Hall–Kier alpha value is -2.96. The van der Waals surface area contributed by atoms with E-state index in [0.717, 1.165) is 0 Å². The second kappa shape index (κ2) is 6.87. The van der Waals surface area contributed by atoms with Gasteiger partial charge in [-0.25, -0.2) is 4.39 Å². The first kappa shape index (κ1) is 16.4. The van der Waals surface area contributed by atoms with Gasteiger partial charge < -0.3 is 9.84 Å². The molecule has 2 aromatic rings. The maximum absolute atomic E-state index is 13.0. The molecule has 0 fully saturated rings. The summed E-state index contributed by atoms with van der Waals surface area (Å²) in [5.74, 6) is -2.37. The lowest BCUT2D eigenvalue weighted by molar-refractivity contribution is -0.385. The molecule has 0 aliphatic heterocycles. The molecule has 0 aliphatic rings. The van der Waals surface area contributed by atoms with Gasteiger partial charge in [0.25, 0.3) is 0 Å². The average molecular weight is 319 g/mol. The van der Waals surface area contributed by atoms with Gasteiger partial charge in [0, 0.05) is 6.07 Å². The molecule has 1 unspecified atom stereocenters. The van der Waals surface area contributed by atoms with Gasteiger partial charge in [-0.1, -0.05) is 18.2 Å². The smallest absolute Gasteiger partial charge is 0.311 e. The Kier molecular flexibility index (Phi) is 4.90. The molecule has 2 aromatic carbocycles. The van der Waals surface area contributed by atoms with Crippen molar-refractivity contribution in [3.8, 4) is 5.75 Å². The molecule has 6 nitrogen and oxygen atoms in total. The predicted molar refractivity (Wildman–Crippen MR) is 80.1 cm³/mol. The zero-order valence-electron chi connectivity index (χ0n) is 12.2. The van der Waals surface area contributed by atoms with Gasteiger partial charge >= 0.3 is 11.7 Å². The zero-order chi connectivity index (χ0) is 17.0. The number of nitro benzene ring substituents is 1. The molecule has 0 saturated carbocycles. The van der Waals surface area contributed by atoms with Crippen LogP contribution >= 0.6 is 0 Å². The summed E-state index contributed by atoms with van der Waals surface area (Å²) in [4.78, 5) is 21.9. The molecule has 0 aromatic heterocycles. The van der Waals surface area contributed by atoms with Crippen molar-refractivity contribution in [2.24, 2.45) is 0 Å². The third kappa shape index (κ3) is 3.82. The summed E-state index contributed by atoms with van der Waals surface area (Å²) in [6.07, 6.45) is 0.0474. The number of nitro groups is 1. The number of methoxy groups -OCH3 is 1. The molecule has 23 heavy (non-hydrogen) atoms. The van der Waals surface area contributed by atoms with Crippen LogP contribution in [0, 0.1) is 15.9 Å². The van der Waals surface area contributed by atoms with Crippen molar-refractivity contribution in [3.05, 3.63) is 69.5 Å². The molecule has 0 heterocycles. The van der Waals surface area contributed by atoms with Crippen LogP contribution in [0.15, 0.2) is 42.5 Å². The molecule has 0 amide bonds. The van der Waals surface area contributed by atoms with Crippen molar-refractivity contribution in [2.45, 2.75) is 12.3 Å².